The maximum absolute atomic E-state index is 6.00. The van der Waals surface area contributed by atoms with Crippen LogP contribution in [0.1, 0.15) is 38.5 Å². The number of quaternary nitrogens is 1. The van der Waals surface area contributed by atoms with Crippen LogP contribution in [0.4, 0.5) is 0 Å². The molecule has 1 heterocycles. The van der Waals surface area contributed by atoms with Crippen molar-refractivity contribution in [2.24, 2.45) is 0 Å². The van der Waals surface area contributed by atoms with Gasteiger partial charge in [0.2, 0.25) is 0 Å². The number of hydrogen-bond donors (Lipinski definition) is 1. The quantitative estimate of drug-likeness (QED) is 0.773. The summed E-state index contributed by atoms with van der Waals surface area (Å²) in [6.45, 7) is 4.98. The molecule has 0 saturated carbocycles. The maximum Gasteiger partial charge on any atom is 0.127 e. The fourth-order valence-corrected chi connectivity index (χ4v) is 3.46. The lowest BCUT2D eigenvalue weighted by molar-refractivity contribution is -0.905. The zero-order valence-electron chi connectivity index (χ0n) is 13.5. The predicted molar refractivity (Wildman–Crippen MR) is 92.7 cm³/mol. The normalized spacial score (nSPS) is 16.0. The molecule has 1 aliphatic rings. The van der Waals surface area contributed by atoms with Crippen LogP contribution in [0.5, 0.6) is 5.75 Å². The second-order valence-electron chi connectivity index (χ2n) is 6.45. The van der Waals surface area contributed by atoms with Gasteiger partial charge in [0.1, 0.15) is 5.75 Å². The number of ether oxygens (including phenoxy) is 1. The van der Waals surface area contributed by atoms with Gasteiger partial charge in [-0.05, 0) is 50.0 Å². The molecule has 0 spiro atoms. The van der Waals surface area contributed by atoms with Gasteiger partial charge in [-0.25, -0.2) is 0 Å². The lowest BCUT2D eigenvalue weighted by Crippen LogP contribution is -3.12. The Kier molecular flexibility index (Phi) is 5.72. The van der Waals surface area contributed by atoms with Crippen LogP contribution >= 0.6 is 0 Å². The van der Waals surface area contributed by atoms with Gasteiger partial charge in [0.15, 0.2) is 0 Å². The minimum absolute atomic E-state index is 0.837. The van der Waals surface area contributed by atoms with E-state index in [1.165, 1.54) is 62.5 Å². The molecular weight excluding hydrogens is 270 g/mol. The Hall–Kier alpha value is -1.54. The first-order valence-corrected chi connectivity index (χ1v) is 8.87. The molecule has 118 valence electrons. The Labute approximate surface area is 134 Å². The van der Waals surface area contributed by atoms with E-state index in [-0.39, 0.29) is 0 Å². The van der Waals surface area contributed by atoms with Crippen LogP contribution in [-0.4, -0.2) is 26.2 Å². The third-order valence-electron chi connectivity index (χ3n) is 4.74. The third kappa shape index (κ3) is 4.23. The average Bonchev–Trinajstić information content (AvgIpc) is 2.59. The highest BCUT2D eigenvalue weighted by atomic mass is 16.5. The smallest absolute Gasteiger partial charge is 0.127 e. The summed E-state index contributed by atoms with van der Waals surface area (Å²) in [6, 6.07) is 14.8. The summed E-state index contributed by atoms with van der Waals surface area (Å²) in [7, 11) is 0. The Bertz CT molecular complexity index is 569. The summed E-state index contributed by atoms with van der Waals surface area (Å²) in [6.07, 6.45) is 8.10. The van der Waals surface area contributed by atoms with E-state index in [0.717, 1.165) is 18.8 Å². The number of fused-ring (bicyclic) bond motifs is 1. The lowest BCUT2D eigenvalue weighted by Gasteiger charge is -2.23. The molecule has 2 aromatic rings. The number of rotatable bonds is 7. The van der Waals surface area contributed by atoms with Crippen LogP contribution in [-0.2, 0) is 0 Å². The first kappa shape index (κ1) is 15.4. The van der Waals surface area contributed by atoms with Gasteiger partial charge in [-0.3, -0.25) is 0 Å². The summed E-state index contributed by atoms with van der Waals surface area (Å²) >= 11 is 0. The Morgan fingerprint density at radius 1 is 0.818 bits per heavy atom. The Balaban J connectivity index is 1.37. The summed E-state index contributed by atoms with van der Waals surface area (Å²) in [5.41, 5.74) is 0. The van der Waals surface area contributed by atoms with E-state index in [2.05, 4.69) is 42.5 Å². The van der Waals surface area contributed by atoms with Gasteiger partial charge < -0.3 is 9.64 Å². The van der Waals surface area contributed by atoms with Crippen LogP contribution in [0.25, 0.3) is 10.8 Å². The SMILES string of the molecule is c1ccc2c(OCCCCC[NH+]3CCCCC3)cccc2c1. The van der Waals surface area contributed by atoms with E-state index in [4.69, 9.17) is 4.74 Å². The number of unbranched alkanes of at least 4 members (excludes halogenated alkanes) is 2. The zero-order chi connectivity index (χ0) is 15.0. The Morgan fingerprint density at radius 2 is 1.64 bits per heavy atom. The Morgan fingerprint density at radius 3 is 2.55 bits per heavy atom. The molecule has 2 heteroatoms. The highest BCUT2D eigenvalue weighted by Crippen LogP contribution is 2.25. The maximum atomic E-state index is 6.00. The van der Waals surface area contributed by atoms with E-state index in [0.29, 0.717) is 0 Å². The largest absolute Gasteiger partial charge is 0.493 e. The highest BCUT2D eigenvalue weighted by molar-refractivity contribution is 5.88. The number of nitrogens with one attached hydrogen (secondary N) is 1. The molecule has 0 radical (unpaired) electrons. The number of benzene rings is 2. The number of piperidine rings is 1. The first-order chi connectivity index (χ1) is 10.9. The topological polar surface area (TPSA) is 13.7 Å². The van der Waals surface area contributed by atoms with Gasteiger partial charge in [0, 0.05) is 5.39 Å². The molecule has 0 aromatic heterocycles. The minimum Gasteiger partial charge on any atom is -0.493 e. The molecule has 1 aliphatic heterocycles. The van der Waals surface area contributed by atoms with E-state index in [1.807, 2.05) is 4.90 Å². The van der Waals surface area contributed by atoms with Crippen molar-refractivity contribution in [1.29, 1.82) is 0 Å². The van der Waals surface area contributed by atoms with Crippen molar-refractivity contribution in [1.82, 2.24) is 0 Å². The fourth-order valence-electron chi connectivity index (χ4n) is 3.46. The monoisotopic (exact) mass is 298 g/mol. The molecule has 1 N–H and O–H groups in total. The standard InChI is InChI=1S/C20H27NO/c1-5-14-21(15-6-1)16-7-2-8-17-22-20-13-9-11-18-10-3-4-12-19(18)20/h3-4,9-13H,1-2,5-8,14-17H2/p+1. The molecule has 22 heavy (non-hydrogen) atoms. The van der Waals surface area contributed by atoms with Crippen LogP contribution in [0.15, 0.2) is 42.5 Å². The molecule has 2 aromatic carbocycles. The molecule has 0 bridgehead atoms. The average molecular weight is 298 g/mol. The molecule has 0 unspecified atom stereocenters. The highest BCUT2D eigenvalue weighted by Gasteiger charge is 2.12. The predicted octanol–water partition coefficient (Wildman–Crippen LogP) is 3.46. The second-order valence-corrected chi connectivity index (χ2v) is 6.45. The van der Waals surface area contributed by atoms with Gasteiger partial charge in [-0.2, -0.15) is 0 Å². The molecule has 0 aliphatic carbocycles. The van der Waals surface area contributed by atoms with Crippen molar-refractivity contribution in [2.75, 3.05) is 26.2 Å². The number of likely N-dealkylation sites (tertiary alicyclic amines) is 1. The van der Waals surface area contributed by atoms with Gasteiger partial charge in [0.05, 0.1) is 26.2 Å². The van der Waals surface area contributed by atoms with Crippen molar-refractivity contribution >= 4 is 10.8 Å². The fraction of sp³-hybridized carbons (Fsp3) is 0.500. The molecule has 0 amide bonds. The summed E-state index contributed by atoms with van der Waals surface area (Å²) in [5.74, 6) is 1.03. The van der Waals surface area contributed by atoms with Crippen molar-refractivity contribution in [2.45, 2.75) is 38.5 Å². The number of hydrogen-bond acceptors (Lipinski definition) is 1. The summed E-state index contributed by atoms with van der Waals surface area (Å²) < 4.78 is 6.00. The summed E-state index contributed by atoms with van der Waals surface area (Å²) in [4.78, 5) is 1.82. The molecule has 0 atom stereocenters. The molecule has 1 fully saturated rings. The van der Waals surface area contributed by atoms with E-state index < -0.39 is 0 Å². The van der Waals surface area contributed by atoms with E-state index >= 15 is 0 Å². The van der Waals surface area contributed by atoms with E-state index in [1.54, 1.807) is 0 Å². The van der Waals surface area contributed by atoms with Gasteiger partial charge >= 0.3 is 0 Å². The van der Waals surface area contributed by atoms with Crippen LogP contribution in [0.2, 0.25) is 0 Å². The minimum atomic E-state index is 0.837. The van der Waals surface area contributed by atoms with Crippen LogP contribution in [0, 0.1) is 0 Å². The van der Waals surface area contributed by atoms with Crippen LogP contribution < -0.4 is 9.64 Å². The van der Waals surface area contributed by atoms with Gasteiger partial charge in [-0.15, -0.1) is 0 Å². The van der Waals surface area contributed by atoms with Crippen molar-refractivity contribution in [3.63, 3.8) is 0 Å². The first-order valence-electron chi connectivity index (χ1n) is 8.87. The van der Waals surface area contributed by atoms with Crippen molar-refractivity contribution in [3.05, 3.63) is 42.5 Å². The molecular formula is C20H28NO+. The summed E-state index contributed by atoms with van der Waals surface area (Å²) in [5, 5.41) is 2.48. The molecule has 1 saturated heterocycles. The second kappa shape index (κ2) is 8.19. The van der Waals surface area contributed by atoms with Crippen LogP contribution in [0.3, 0.4) is 0 Å². The van der Waals surface area contributed by atoms with E-state index in [9.17, 15) is 0 Å². The molecule has 3 rings (SSSR count). The lowest BCUT2D eigenvalue weighted by atomic mass is 10.1. The van der Waals surface area contributed by atoms with Gasteiger partial charge in [-0.1, -0.05) is 36.4 Å². The third-order valence-corrected chi connectivity index (χ3v) is 4.74. The van der Waals surface area contributed by atoms with Crippen molar-refractivity contribution < 1.29 is 9.64 Å². The zero-order valence-corrected chi connectivity index (χ0v) is 13.5. The van der Waals surface area contributed by atoms with Gasteiger partial charge in [0.25, 0.3) is 0 Å². The van der Waals surface area contributed by atoms with Crippen molar-refractivity contribution in [3.8, 4) is 5.75 Å². The molecule has 2 nitrogen and oxygen atoms in total.